The fourth-order valence-electron chi connectivity index (χ4n) is 5.00. The van der Waals surface area contributed by atoms with Gasteiger partial charge in [-0.1, -0.05) is 0 Å². The van der Waals surface area contributed by atoms with Crippen LogP contribution in [0.1, 0.15) is 58.4 Å². The van der Waals surface area contributed by atoms with Gasteiger partial charge in [-0.25, -0.2) is 23.9 Å². The van der Waals surface area contributed by atoms with Crippen LogP contribution in [0.5, 0.6) is 0 Å². The molecule has 0 saturated carbocycles. The zero-order valence-electron chi connectivity index (χ0n) is 18.9. The second-order valence-electron chi connectivity index (χ2n) is 8.89. The summed E-state index contributed by atoms with van der Waals surface area (Å²) in [6, 6.07) is 4.42. The van der Waals surface area contributed by atoms with Gasteiger partial charge in [0.2, 0.25) is 5.95 Å². The topological polar surface area (TPSA) is 95.3 Å². The average Bonchev–Trinajstić information content (AvgIpc) is 3.51. The summed E-state index contributed by atoms with van der Waals surface area (Å²) in [5, 5.41) is 4.65. The number of carbonyl (C=O) groups is 1. The monoisotopic (exact) mass is 460 g/mol. The number of fused-ring (bicyclic) bond motifs is 2. The Labute approximate surface area is 195 Å². The van der Waals surface area contributed by atoms with Crippen molar-refractivity contribution >= 4 is 17.4 Å². The molecule has 0 aromatic carbocycles. The first-order valence-corrected chi connectivity index (χ1v) is 11.7. The number of piperidine rings is 1. The van der Waals surface area contributed by atoms with Crippen LogP contribution in [-0.2, 0) is 6.42 Å². The number of hydrogen-bond acceptors (Lipinski definition) is 6. The molecule has 9 nitrogen and oxygen atoms in total. The Morgan fingerprint density at radius 2 is 2.03 bits per heavy atom. The Bertz CT molecular complexity index is 1370. The summed E-state index contributed by atoms with van der Waals surface area (Å²) in [6.45, 7) is 4.04. The number of pyridine rings is 1. The summed E-state index contributed by atoms with van der Waals surface area (Å²) < 4.78 is 15.9. The molecule has 0 radical (unpaired) electrons. The fraction of sp³-hybridized carbons (Fsp3) is 0.375. The van der Waals surface area contributed by atoms with E-state index in [0.29, 0.717) is 35.0 Å². The van der Waals surface area contributed by atoms with Crippen molar-refractivity contribution in [2.24, 2.45) is 0 Å². The van der Waals surface area contributed by atoms with E-state index in [0.717, 1.165) is 50.2 Å². The van der Waals surface area contributed by atoms with Gasteiger partial charge in [-0.15, -0.1) is 0 Å². The number of likely N-dealkylation sites (tertiary alicyclic amines) is 1. The number of nitrogens with zero attached hydrogens (tertiary/aromatic N) is 7. The van der Waals surface area contributed by atoms with Crippen LogP contribution >= 0.6 is 0 Å². The van der Waals surface area contributed by atoms with Gasteiger partial charge in [-0.05, 0) is 44.4 Å². The molecule has 4 aromatic rings. The summed E-state index contributed by atoms with van der Waals surface area (Å²) in [5.41, 5.74) is 4.09. The predicted octanol–water partition coefficient (Wildman–Crippen LogP) is 3.07. The van der Waals surface area contributed by atoms with Crippen molar-refractivity contribution in [3.8, 4) is 0 Å². The maximum absolute atomic E-state index is 14.4. The highest BCUT2D eigenvalue weighted by Crippen LogP contribution is 2.35. The van der Waals surface area contributed by atoms with Crippen LogP contribution in [0.15, 0.2) is 36.9 Å². The minimum atomic E-state index is -0.377. The minimum absolute atomic E-state index is 0.00985. The van der Waals surface area contributed by atoms with Crippen molar-refractivity contribution in [2.75, 3.05) is 24.5 Å². The van der Waals surface area contributed by atoms with Gasteiger partial charge in [0.05, 0.1) is 29.0 Å². The molecule has 34 heavy (non-hydrogen) atoms. The highest BCUT2D eigenvalue weighted by Gasteiger charge is 2.35. The van der Waals surface area contributed by atoms with E-state index in [4.69, 9.17) is 4.98 Å². The average molecular weight is 461 g/mol. The second kappa shape index (κ2) is 8.19. The number of amides is 1. The van der Waals surface area contributed by atoms with Crippen molar-refractivity contribution in [3.63, 3.8) is 0 Å². The SMILES string of the molecule is Cc1nc(N2CCc3[nH]cnc3C2c2cc3c(F)cccn3n2)ncc1C(=O)N1CCCCC1. The van der Waals surface area contributed by atoms with Gasteiger partial charge in [-0.3, -0.25) is 4.79 Å². The van der Waals surface area contributed by atoms with Gasteiger partial charge in [0.25, 0.3) is 5.91 Å². The van der Waals surface area contributed by atoms with E-state index in [1.54, 1.807) is 30.9 Å². The van der Waals surface area contributed by atoms with Crippen molar-refractivity contribution in [3.05, 3.63) is 71.1 Å². The third-order valence-electron chi connectivity index (χ3n) is 6.77. The number of imidazole rings is 1. The van der Waals surface area contributed by atoms with Gasteiger partial charge in [0.15, 0.2) is 0 Å². The molecular formula is C24H25FN8O. The smallest absolute Gasteiger partial charge is 0.257 e. The molecule has 4 aromatic heterocycles. The Hall–Kier alpha value is -3.82. The highest BCUT2D eigenvalue weighted by molar-refractivity contribution is 5.95. The molecule has 2 aliphatic heterocycles. The Balaban J connectivity index is 1.38. The van der Waals surface area contributed by atoms with Crippen molar-refractivity contribution in [1.82, 2.24) is 34.4 Å². The molecule has 1 amide bonds. The van der Waals surface area contributed by atoms with E-state index in [-0.39, 0.29) is 17.8 Å². The van der Waals surface area contributed by atoms with Crippen LogP contribution < -0.4 is 4.90 Å². The van der Waals surface area contributed by atoms with Crippen molar-refractivity contribution in [1.29, 1.82) is 0 Å². The van der Waals surface area contributed by atoms with Crippen LogP contribution in [0, 0.1) is 12.7 Å². The number of carbonyl (C=O) groups excluding carboxylic acids is 1. The van der Waals surface area contributed by atoms with E-state index in [9.17, 15) is 9.18 Å². The summed E-state index contributed by atoms with van der Waals surface area (Å²) in [5.74, 6) is 0.159. The number of H-pyrrole nitrogens is 1. The predicted molar refractivity (Wildman–Crippen MR) is 123 cm³/mol. The lowest BCUT2D eigenvalue weighted by Gasteiger charge is -2.34. The molecule has 1 saturated heterocycles. The van der Waals surface area contributed by atoms with E-state index in [1.165, 1.54) is 10.6 Å². The van der Waals surface area contributed by atoms with Crippen molar-refractivity contribution < 1.29 is 9.18 Å². The molecule has 0 bridgehead atoms. The molecule has 0 spiro atoms. The van der Waals surface area contributed by atoms with Crippen LogP contribution in [0.25, 0.3) is 5.52 Å². The van der Waals surface area contributed by atoms with Crippen molar-refractivity contribution in [2.45, 2.75) is 38.6 Å². The number of halogens is 1. The quantitative estimate of drug-likeness (QED) is 0.505. The molecule has 10 heteroatoms. The van der Waals surface area contributed by atoms with Crippen LogP contribution in [0.4, 0.5) is 10.3 Å². The lowest BCUT2D eigenvalue weighted by molar-refractivity contribution is 0.0722. The number of aromatic amines is 1. The van der Waals surface area contributed by atoms with Gasteiger partial charge in [0, 0.05) is 44.1 Å². The Morgan fingerprint density at radius 3 is 2.82 bits per heavy atom. The molecule has 1 fully saturated rings. The molecule has 6 rings (SSSR count). The summed E-state index contributed by atoms with van der Waals surface area (Å²) >= 11 is 0. The molecular weight excluding hydrogens is 435 g/mol. The number of nitrogens with one attached hydrogen (secondary N) is 1. The maximum atomic E-state index is 14.4. The zero-order valence-corrected chi connectivity index (χ0v) is 18.9. The molecule has 174 valence electrons. The number of hydrogen-bond donors (Lipinski definition) is 1. The molecule has 1 unspecified atom stereocenters. The van der Waals surface area contributed by atoms with Gasteiger partial charge in [0.1, 0.15) is 17.4 Å². The lowest BCUT2D eigenvalue weighted by atomic mass is 10.00. The van der Waals surface area contributed by atoms with E-state index >= 15 is 0 Å². The van der Waals surface area contributed by atoms with Crippen LogP contribution in [0.3, 0.4) is 0 Å². The molecule has 6 heterocycles. The Morgan fingerprint density at radius 1 is 1.18 bits per heavy atom. The molecule has 1 atom stereocenters. The second-order valence-corrected chi connectivity index (χ2v) is 8.89. The normalized spacial score (nSPS) is 18.4. The number of aryl methyl sites for hydroxylation is 1. The highest BCUT2D eigenvalue weighted by atomic mass is 19.1. The van der Waals surface area contributed by atoms with Gasteiger partial charge >= 0.3 is 0 Å². The largest absolute Gasteiger partial charge is 0.348 e. The Kier molecular flexibility index (Phi) is 5.00. The standard InChI is InChI=1S/C24H25FN8O/c1-15-16(23(34)31-8-3-2-4-9-31)13-26-24(29-15)32-11-7-18-21(28-14-27-18)22(32)19-12-20-17(25)6-5-10-33(20)30-19/h5-6,10,12-14,22H,2-4,7-9,11H2,1H3,(H,27,28). The van der Waals surface area contributed by atoms with Crippen LogP contribution in [-0.4, -0.2) is 60.0 Å². The van der Waals surface area contributed by atoms with E-state index < -0.39 is 0 Å². The van der Waals surface area contributed by atoms with E-state index in [1.807, 2.05) is 16.7 Å². The first kappa shape index (κ1) is 20.8. The lowest BCUT2D eigenvalue weighted by Crippen LogP contribution is -2.38. The first-order valence-electron chi connectivity index (χ1n) is 11.7. The summed E-state index contributed by atoms with van der Waals surface area (Å²) in [7, 11) is 0. The molecule has 2 aliphatic rings. The van der Waals surface area contributed by atoms with E-state index in [2.05, 4.69) is 20.1 Å². The van der Waals surface area contributed by atoms with Gasteiger partial charge in [-0.2, -0.15) is 5.10 Å². The molecule has 0 aliphatic carbocycles. The first-order chi connectivity index (χ1) is 16.6. The molecule has 1 N–H and O–H groups in total. The summed E-state index contributed by atoms with van der Waals surface area (Å²) in [4.78, 5) is 34.1. The number of rotatable bonds is 3. The number of aromatic nitrogens is 6. The summed E-state index contributed by atoms with van der Waals surface area (Å²) in [6.07, 6.45) is 9.00. The fourth-order valence-corrected chi connectivity index (χ4v) is 5.00. The number of anilines is 1. The maximum Gasteiger partial charge on any atom is 0.257 e. The van der Waals surface area contributed by atoms with Crippen LogP contribution in [0.2, 0.25) is 0 Å². The third-order valence-corrected chi connectivity index (χ3v) is 6.77. The third kappa shape index (κ3) is 3.41. The zero-order chi connectivity index (χ0) is 23.2. The minimum Gasteiger partial charge on any atom is -0.348 e. The van der Waals surface area contributed by atoms with Gasteiger partial charge < -0.3 is 14.8 Å².